The molecule has 0 saturated heterocycles. The van der Waals surface area contributed by atoms with E-state index in [1.54, 1.807) is 42.5 Å². The van der Waals surface area contributed by atoms with Gasteiger partial charge in [-0.3, -0.25) is 20.2 Å². The molecule has 0 saturated carbocycles. The number of hydrogen-bond donors (Lipinski definition) is 0. The zero-order valence-corrected chi connectivity index (χ0v) is 17.7. The molecular formula is C23H21N3O7. The molecule has 10 nitrogen and oxygen atoms in total. The number of benzene rings is 3. The summed E-state index contributed by atoms with van der Waals surface area (Å²) in [5, 5.41) is 25.5. The van der Waals surface area contributed by atoms with Crippen molar-refractivity contribution in [3.05, 3.63) is 104 Å². The lowest BCUT2D eigenvalue weighted by Gasteiger charge is -2.12. The Kier molecular flexibility index (Phi) is 7.90. The van der Waals surface area contributed by atoms with Crippen LogP contribution in [-0.2, 0) is 18.1 Å². The molecule has 0 aromatic heterocycles. The van der Waals surface area contributed by atoms with Crippen LogP contribution in [0.2, 0.25) is 0 Å². The maximum atomic E-state index is 10.8. The number of oxime groups is 1. The summed E-state index contributed by atoms with van der Waals surface area (Å²) in [6, 6.07) is 17.5. The Morgan fingerprint density at radius 2 is 1.58 bits per heavy atom. The van der Waals surface area contributed by atoms with Crippen molar-refractivity contribution in [2.45, 2.75) is 20.1 Å². The molecule has 3 rings (SSSR count). The molecule has 0 aliphatic carbocycles. The van der Waals surface area contributed by atoms with Gasteiger partial charge in [-0.05, 0) is 48.4 Å². The molecule has 0 heterocycles. The summed E-state index contributed by atoms with van der Waals surface area (Å²) in [5.41, 5.74) is 2.13. The van der Waals surface area contributed by atoms with E-state index in [0.717, 1.165) is 5.56 Å². The van der Waals surface area contributed by atoms with E-state index < -0.39 is 9.85 Å². The van der Waals surface area contributed by atoms with E-state index in [1.165, 1.54) is 30.5 Å². The molecule has 33 heavy (non-hydrogen) atoms. The van der Waals surface area contributed by atoms with Gasteiger partial charge in [0, 0.05) is 29.8 Å². The van der Waals surface area contributed by atoms with Gasteiger partial charge in [0.15, 0.2) is 11.5 Å². The quantitative estimate of drug-likeness (QED) is 0.227. The molecule has 3 aromatic carbocycles. The molecule has 0 unspecified atom stereocenters. The van der Waals surface area contributed by atoms with Crippen LogP contribution in [0.3, 0.4) is 0 Å². The highest BCUT2D eigenvalue weighted by molar-refractivity contribution is 5.80. The Hall–Kier alpha value is -4.47. The first-order chi connectivity index (χ1) is 16.0. The summed E-state index contributed by atoms with van der Waals surface area (Å²) in [6.07, 6.45) is 1.50. The molecule has 0 amide bonds. The molecule has 0 spiro atoms. The van der Waals surface area contributed by atoms with Crippen LogP contribution in [0.25, 0.3) is 0 Å². The number of ether oxygens (including phenoxy) is 2. The maximum absolute atomic E-state index is 10.8. The molecule has 0 bridgehead atoms. The number of nitro benzene ring substituents is 2. The van der Waals surface area contributed by atoms with Gasteiger partial charge >= 0.3 is 0 Å². The lowest BCUT2D eigenvalue weighted by atomic mass is 10.2. The van der Waals surface area contributed by atoms with Crippen molar-refractivity contribution in [2.75, 3.05) is 6.61 Å². The van der Waals surface area contributed by atoms with Crippen LogP contribution in [0.15, 0.2) is 71.9 Å². The Balaban J connectivity index is 1.60. The van der Waals surface area contributed by atoms with Crippen molar-refractivity contribution in [1.82, 2.24) is 0 Å². The molecule has 0 aliphatic heterocycles. The first kappa shape index (κ1) is 23.2. The van der Waals surface area contributed by atoms with Crippen molar-refractivity contribution in [3.63, 3.8) is 0 Å². The largest absolute Gasteiger partial charge is 0.490 e. The standard InChI is InChI=1S/C23H21N3O7/c1-2-31-23-13-18(14-24-33-16-19-4-3-5-21(12-19)26(29)30)8-11-22(23)32-15-17-6-9-20(10-7-17)25(27)28/h3-14H,2,15-16H2,1H3/b24-14-. The van der Waals surface area contributed by atoms with Gasteiger partial charge in [0.25, 0.3) is 11.4 Å². The number of nitro groups is 2. The molecule has 3 aromatic rings. The zero-order valence-electron chi connectivity index (χ0n) is 17.7. The van der Waals surface area contributed by atoms with Gasteiger partial charge in [0.05, 0.1) is 22.7 Å². The second-order valence-corrected chi connectivity index (χ2v) is 6.79. The van der Waals surface area contributed by atoms with Crippen molar-refractivity contribution < 1.29 is 24.2 Å². The van der Waals surface area contributed by atoms with Crippen molar-refractivity contribution in [1.29, 1.82) is 0 Å². The minimum absolute atomic E-state index is 0.00856. The predicted octanol–water partition coefficient (Wildman–Crippen LogP) is 5.03. The van der Waals surface area contributed by atoms with Gasteiger partial charge in [-0.15, -0.1) is 0 Å². The number of non-ortho nitro benzene ring substituents is 2. The number of hydrogen-bond acceptors (Lipinski definition) is 8. The van der Waals surface area contributed by atoms with Crippen molar-refractivity contribution in [2.24, 2.45) is 5.16 Å². The highest BCUT2D eigenvalue weighted by Crippen LogP contribution is 2.29. The molecule has 0 N–H and O–H groups in total. The Morgan fingerprint density at radius 3 is 2.27 bits per heavy atom. The van der Waals surface area contributed by atoms with Crippen LogP contribution in [-0.4, -0.2) is 22.7 Å². The smallest absolute Gasteiger partial charge is 0.269 e. The Morgan fingerprint density at radius 1 is 0.818 bits per heavy atom. The van der Waals surface area contributed by atoms with E-state index in [9.17, 15) is 20.2 Å². The minimum atomic E-state index is -0.465. The van der Waals surface area contributed by atoms with Gasteiger partial charge in [0.1, 0.15) is 13.2 Å². The summed E-state index contributed by atoms with van der Waals surface area (Å²) in [4.78, 5) is 25.9. The van der Waals surface area contributed by atoms with Crippen LogP contribution < -0.4 is 9.47 Å². The van der Waals surface area contributed by atoms with Crippen molar-refractivity contribution in [3.8, 4) is 11.5 Å². The van der Waals surface area contributed by atoms with Crippen LogP contribution in [0.4, 0.5) is 11.4 Å². The summed E-state index contributed by atoms with van der Waals surface area (Å²) in [6.45, 7) is 2.59. The number of nitrogens with zero attached hydrogens (tertiary/aromatic N) is 3. The lowest BCUT2D eigenvalue weighted by molar-refractivity contribution is -0.385. The van der Waals surface area contributed by atoms with E-state index >= 15 is 0 Å². The molecule has 0 radical (unpaired) electrons. The molecule has 0 fully saturated rings. The second kappa shape index (κ2) is 11.2. The average molecular weight is 451 g/mol. The van der Waals surface area contributed by atoms with Gasteiger partial charge in [-0.2, -0.15) is 0 Å². The molecular weight excluding hydrogens is 430 g/mol. The van der Waals surface area contributed by atoms with E-state index in [1.807, 2.05) is 6.92 Å². The normalized spacial score (nSPS) is 10.7. The fourth-order valence-electron chi connectivity index (χ4n) is 2.84. The van der Waals surface area contributed by atoms with Crippen LogP contribution in [0.1, 0.15) is 23.6 Å². The van der Waals surface area contributed by atoms with Gasteiger partial charge in [-0.1, -0.05) is 17.3 Å². The zero-order chi connectivity index (χ0) is 23.6. The van der Waals surface area contributed by atoms with Gasteiger partial charge in [-0.25, -0.2) is 0 Å². The van der Waals surface area contributed by atoms with Crippen LogP contribution in [0.5, 0.6) is 11.5 Å². The van der Waals surface area contributed by atoms with E-state index in [-0.39, 0.29) is 24.6 Å². The van der Waals surface area contributed by atoms with E-state index in [4.69, 9.17) is 14.3 Å². The first-order valence-electron chi connectivity index (χ1n) is 9.98. The average Bonchev–Trinajstić information content (AvgIpc) is 2.82. The fraction of sp³-hybridized carbons (Fsp3) is 0.174. The summed E-state index contributed by atoms with van der Waals surface area (Å²) in [7, 11) is 0. The lowest BCUT2D eigenvalue weighted by Crippen LogP contribution is -2.01. The molecule has 0 atom stereocenters. The second-order valence-electron chi connectivity index (χ2n) is 6.79. The maximum Gasteiger partial charge on any atom is 0.269 e. The predicted molar refractivity (Wildman–Crippen MR) is 121 cm³/mol. The third-order valence-corrected chi connectivity index (χ3v) is 4.44. The van der Waals surface area contributed by atoms with Crippen LogP contribution >= 0.6 is 0 Å². The molecule has 0 aliphatic rings. The molecule has 10 heteroatoms. The minimum Gasteiger partial charge on any atom is -0.490 e. The SMILES string of the molecule is CCOc1cc(/C=N\OCc2cccc([N+](=O)[O-])c2)ccc1OCc1ccc([N+](=O)[O-])cc1. The topological polar surface area (TPSA) is 126 Å². The van der Waals surface area contributed by atoms with E-state index in [2.05, 4.69) is 5.16 Å². The highest BCUT2D eigenvalue weighted by atomic mass is 16.6. The van der Waals surface area contributed by atoms with Crippen LogP contribution in [0, 0.1) is 20.2 Å². The highest BCUT2D eigenvalue weighted by Gasteiger charge is 2.09. The van der Waals surface area contributed by atoms with Gasteiger partial charge < -0.3 is 14.3 Å². The first-order valence-corrected chi connectivity index (χ1v) is 9.98. The van der Waals surface area contributed by atoms with Gasteiger partial charge in [0.2, 0.25) is 0 Å². The monoisotopic (exact) mass is 451 g/mol. The fourth-order valence-corrected chi connectivity index (χ4v) is 2.84. The summed E-state index contributed by atoms with van der Waals surface area (Å²) >= 11 is 0. The Bertz CT molecular complexity index is 1150. The van der Waals surface area contributed by atoms with Crippen molar-refractivity contribution >= 4 is 17.6 Å². The Labute approximate surface area is 189 Å². The summed E-state index contributed by atoms with van der Waals surface area (Å²) in [5.74, 6) is 1.03. The summed E-state index contributed by atoms with van der Waals surface area (Å²) < 4.78 is 11.5. The van der Waals surface area contributed by atoms with E-state index in [0.29, 0.717) is 29.2 Å². The number of rotatable bonds is 11. The third kappa shape index (κ3) is 6.76. The molecule has 170 valence electrons. The third-order valence-electron chi connectivity index (χ3n) is 4.44.